The Morgan fingerprint density at radius 2 is 1.00 bits per heavy atom. The fraction of sp³-hybridized carbons (Fsp3) is 0.464. The Labute approximate surface area is 240 Å². The summed E-state index contributed by atoms with van der Waals surface area (Å²) in [5.74, 6) is 0.895. The molecule has 0 saturated heterocycles. The molecule has 7 nitrogen and oxygen atoms in total. The van der Waals surface area contributed by atoms with Gasteiger partial charge in [-0.05, 0) is 59.7 Å². The van der Waals surface area contributed by atoms with E-state index in [9.17, 15) is 0 Å². The Kier molecular flexibility index (Phi) is 10.3. The molecule has 10 heteroatoms. The molecule has 38 heavy (non-hydrogen) atoms. The second-order valence-electron chi connectivity index (χ2n) is 10.4. The predicted octanol–water partition coefficient (Wildman–Crippen LogP) is 8.35. The SMILES string of the molecule is CC(C)c1cccc(C(C)C)c1[N]=[Ti]([Cl])[Cl].Cc1cc(C)n(C(n2nc(C)cc2C)n2nc(C)cc2C)n1. The summed E-state index contributed by atoms with van der Waals surface area (Å²) in [5.41, 5.74) is 9.76. The van der Waals surface area contributed by atoms with Gasteiger partial charge in [-0.25, -0.2) is 14.0 Å². The molecule has 0 spiro atoms. The smallest absolute Gasteiger partial charge is 0.224 e. The summed E-state index contributed by atoms with van der Waals surface area (Å²) in [6.45, 7) is 20.9. The summed E-state index contributed by atoms with van der Waals surface area (Å²) in [6, 6.07) is 12.5. The first kappa shape index (κ1) is 30.5. The van der Waals surface area contributed by atoms with E-state index in [0.29, 0.717) is 11.8 Å². The van der Waals surface area contributed by atoms with Crippen molar-refractivity contribution < 1.29 is 15.6 Å². The summed E-state index contributed by atoms with van der Waals surface area (Å²) < 4.78 is 10.4. The third-order valence-corrected chi connectivity index (χ3v) is 7.64. The van der Waals surface area contributed by atoms with Gasteiger partial charge in [-0.15, -0.1) is 0 Å². The minimum Gasteiger partial charge on any atom is -0.224 e. The maximum Gasteiger partial charge on any atom is 0.238 e. The molecule has 0 unspecified atom stereocenters. The number of hydrogen-bond acceptors (Lipinski definition) is 4. The summed E-state index contributed by atoms with van der Waals surface area (Å²) in [4.78, 5) is 0. The van der Waals surface area contributed by atoms with Gasteiger partial charge in [-0.3, -0.25) is 0 Å². The molecule has 4 rings (SSSR count). The third-order valence-electron chi connectivity index (χ3n) is 6.33. The van der Waals surface area contributed by atoms with E-state index in [1.165, 1.54) is 11.1 Å². The number of aryl methyl sites for hydroxylation is 6. The number of aromatic nitrogens is 6. The largest absolute Gasteiger partial charge is 0.238 e. The first-order valence-electron chi connectivity index (χ1n) is 12.9. The molecule has 3 aromatic heterocycles. The Balaban J connectivity index is 0.000000223. The zero-order valence-electron chi connectivity index (χ0n) is 24.1. The van der Waals surface area contributed by atoms with Gasteiger partial charge in [-0.1, -0.05) is 0 Å². The zero-order valence-corrected chi connectivity index (χ0v) is 27.2. The van der Waals surface area contributed by atoms with Crippen molar-refractivity contribution >= 4 is 24.3 Å². The number of hydrogen-bond donors (Lipinski definition) is 0. The van der Waals surface area contributed by atoms with E-state index in [1.54, 1.807) is 0 Å². The Morgan fingerprint density at radius 3 is 1.24 bits per heavy atom. The maximum absolute atomic E-state index is 5.93. The summed E-state index contributed by atoms with van der Waals surface area (Å²) in [6.07, 6.45) is -0.226. The minimum atomic E-state index is -2.22. The van der Waals surface area contributed by atoms with Crippen LogP contribution in [0.1, 0.15) is 91.1 Å². The molecule has 0 aliphatic heterocycles. The number of nitrogens with zero attached hydrogens (tertiary/aromatic N) is 7. The molecule has 0 saturated carbocycles. The van der Waals surface area contributed by atoms with Crippen LogP contribution in [0.4, 0.5) is 5.69 Å². The van der Waals surface area contributed by atoms with Crippen LogP contribution >= 0.6 is 18.6 Å². The molecule has 0 N–H and O–H groups in total. The number of halogens is 2. The van der Waals surface area contributed by atoms with Crippen molar-refractivity contribution in [3.63, 3.8) is 0 Å². The van der Waals surface area contributed by atoms with Crippen LogP contribution in [0.3, 0.4) is 0 Å². The molecular formula is C28H39Cl2N7Ti. The van der Waals surface area contributed by atoms with E-state index >= 15 is 0 Å². The quantitative estimate of drug-likeness (QED) is 0.212. The normalized spacial score (nSPS) is 11.3. The van der Waals surface area contributed by atoms with Crippen molar-refractivity contribution in [2.24, 2.45) is 3.42 Å². The van der Waals surface area contributed by atoms with Gasteiger partial charge in [0.25, 0.3) is 0 Å². The van der Waals surface area contributed by atoms with Crippen LogP contribution in [0, 0.1) is 41.5 Å². The van der Waals surface area contributed by atoms with Gasteiger partial charge in [0.2, 0.25) is 6.29 Å². The molecule has 0 fully saturated rings. The monoisotopic (exact) mass is 591 g/mol. The third kappa shape index (κ3) is 7.12. The average Bonchev–Trinajstić information content (AvgIpc) is 3.44. The topological polar surface area (TPSA) is 65.8 Å². The van der Waals surface area contributed by atoms with Gasteiger partial charge < -0.3 is 0 Å². The van der Waals surface area contributed by atoms with Crippen molar-refractivity contribution in [2.45, 2.75) is 87.4 Å². The zero-order chi connectivity index (χ0) is 28.3. The molecule has 3 heterocycles. The van der Waals surface area contributed by atoms with Crippen molar-refractivity contribution in [3.05, 3.63) is 81.7 Å². The number of benzene rings is 1. The van der Waals surface area contributed by atoms with Gasteiger partial charge in [0, 0.05) is 17.1 Å². The van der Waals surface area contributed by atoms with E-state index in [-0.39, 0.29) is 6.29 Å². The second-order valence-corrected chi connectivity index (χ2v) is 15.3. The first-order chi connectivity index (χ1) is 17.8. The van der Waals surface area contributed by atoms with Gasteiger partial charge >= 0.3 is 112 Å². The Hall–Kier alpha value is -2.06. The van der Waals surface area contributed by atoms with E-state index in [4.69, 9.17) is 18.6 Å². The van der Waals surface area contributed by atoms with E-state index < -0.39 is 15.6 Å². The first-order valence-corrected chi connectivity index (χ1v) is 17.9. The van der Waals surface area contributed by atoms with Crippen LogP contribution in [-0.4, -0.2) is 29.3 Å². The summed E-state index contributed by atoms with van der Waals surface area (Å²) >= 11 is -2.22. The van der Waals surface area contributed by atoms with Gasteiger partial charge in [0.15, 0.2) is 0 Å². The minimum absolute atomic E-state index is 0.226. The second kappa shape index (κ2) is 12.9. The summed E-state index contributed by atoms with van der Waals surface area (Å²) in [7, 11) is 11.9. The van der Waals surface area contributed by atoms with E-state index in [2.05, 4.69) is 104 Å². The Bertz CT molecular complexity index is 1290. The molecule has 0 atom stereocenters. The molecule has 1 aromatic carbocycles. The molecular weight excluding hydrogens is 553 g/mol. The van der Waals surface area contributed by atoms with Crippen molar-refractivity contribution in [1.82, 2.24) is 29.3 Å². The van der Waals surface area contributed by atoms with Gasteiger partial charge in [0.05, 0.1) is 17.1 Å². The van der Waals surface area contributed by atoms with Crippen LogP contribution in [0.2, 0.25) is 0 Å². The summed E-state index contributed by atoms with van der Waals surface area (Å²) in [5, 5.41) is 14.0. The average molecular weight is 592 g/mol. The fourth-order valence-corrected chi connectivity index (χ4v) is 6.04. The van der Waals surface area contributed by atoms with Crippen LogP contribution in [0.5, 0.6) is 0 Å². The standard InChI is InChI=1S/C16H22N6.C12H17N.2ClH.Ti/c1-10-7-13(4)20(17-10)16(21-14(5)8-11(2)18-21)22-15(6)9-12(3)19-22;1-8(2)10-6-5-7-11(9(3)4)12(10)13;;;/h7-9,16H,1-6H3;5-9H,1-4H3;2*1H;/q;;;;+2/p-2. The molecule has 0 amide bonds. The van der Waals surface area contributed by atoms with Crippen LogP contribution in [0.15, 0.2) is 39.8 Å². The molecule has 0 radical (unpaired) electrons. The van der Waals surface area contributed by atoms with Crippen LogP contribution < -0.4 is 0 Å². The van der Waals surface area contributed by atoms with Crippen molar-refractivity contribution in [1.29, 1.82) is 0 Å². The maximum atomic E-state index is 5.93. The van der Waals surface area contributed by atoms with E-state index in [1.807, 2.05) is 34.8 Å². The van der Waals surface area contributed by atoms with Crippen molar-refractivity contribution in [3.8, 4) is 0 Å². The van der Waals surface area contributed by atoms with Crippen molar-refractivity contribution in [2.75, 3.05) is 0 Å². The van der Waals surface area contributed by atoms with Gasteiger partial charge in [-0.2, -0.15) is 15.3 Å². The van der Waals surface area contributed by atoms with Gasteiger partial charge in [0.1, 0.15) is 0 Å². The molecule has 204 valence electrons. The Morgan fingerprint density at radius 1 is 0.658 bits per heavy atom. The van der Waals surface area contributed by atoms with E-state index in [0.717, 1.165) is 39.9 Å². The molecule has 0 bridgehead atoms. The van der Waals surface area contributed by atoms with Crippen LogP contribution in [-0.2, 0) is 15.6 Å². The molecule has 0 aliphatic carbocycles. The van der Waals surface area contributed by atoms with Crippen LogP contribution in [0.25, 0.3) is 0 Å². The fourth-order valence-electron chi connectivity index (χ4n) is 4.68. The predicted molar refractivity (Wildman–Crippen MR) is 153 cm³/mol. The molecule has 4 aromatic rings. The number of rotatable bonds is 6. The molecule has 0 aliphatic rings.